The molecule has 1 aliphatic heterocycles. The number of thioether (sulfide) groups is 1. The number of carbonyl (C=O) groups is 1. The highest BCUT2D eigenvalue weighted by atomic mass is 32.2. The number of ether oxygens (including phenoxy) is 1. The van der Waals surface area contributed by atoms with Crippen LogP contribution in [0.2, 0.25) is 0 Å². The van der Waals surface area contributed by atoms with Gasteiger partial charge >= 0.3 is 0 Å². The minimum atomic E-state index is -0.562. The van der Waals surface area contributed by atoms with Crippen molar-refractivity contribution in [3.05, 3.63) is 141 Å². The lowest BCUT2D eigenvalue weighted by Gasteiger charge is -2.29. The van der Waals surface area contributed by atoms with E-state index >= 15 is 0 Å². The summed E-state index contributed by atoms with van der Waals surface area (Å²) in [7, 11) is 0. The van der Waals surface area contributed by atoms with Gasteiger partial charge in [0.2, 0.25) is 11.1 Å². The van der Waals surface area contributed by atoms with Gasteiger partial charge < -0.3 is 15.4 Å². The van der Waals surface area contributed by atoms with E-state index in [4.69, 9.17) is 14.8 Å². The van der Waals surface area contributed by atoms with Crippen LogP contribution in [0.15, 0.2) is 107 Å². The van der Waals surface area contributed by atoms with Crippen LogP contribution >= 0.6 is 11.8 Å². The van der Waals surface area contributed by atoms with Gasteiger partial charge in [-0.25, -0.2) is 9.07 Å². The highest BCUT2D eigenvalue weighted by molar-refractivity contribution is 7.98. The molecule has 0 fully saturated rings. The molecule has 0 saturated heterocycles. The molecule has 1 aliphatic rings. The molecule has 0 spiro atoms. The molecule has 0 aliphatic carbocycles. The van der Waals surface area contributed by atoms with Gasteiger partial charge in [0.1, 0.15) is 24.2 Å². The maximum Gasteiger partial charge on any atom is 0.255 e. The van der Waals surface area contributed by atoms with E-state index in [1.165, 1.54) is 23.4 Å². The van der Waals surface area contributed by atoms with Crippen LogP contribution in [0.25, 0.3) is 0 Å². The molecule has 4 aromatic carbocycles. The summed E-state index contributed by atoms with van der Waals surface area (Å²) in [5.74, 6) is 1.10. The van der Waals surface area contributed by atoms with Crippen molar-refractivity contribution in [3.8, 4) is 5.75 Å². The zero-order chi connectivity index (χ0) is 31.5. The van der Waals surface area contributed by atoms with Crippen LogP contribution in [0.3, 0.4) is 0 Å². The number of rotatable bonds is 9. The molecule has 45 heavy (non-hydrogen) atoms. The van der Waals surface area contributed by atoms with Crippen molar-refractivity contribution >= 4 is 29.3 Å². The molecular formula is C36H34FN5O2S. The highest BCUT2D eigenvalue weighted by Crippen LogP contribution is 2.38. The molecule has 7 nitrogen and oxygen atoms in total. The predicted octanol–water partition coefficient (Wildman–Crippen LogP) is 8.14. The van der Waals surface area contributed by atoms with Gasteiger partial charge in [-0.05, 0) is 79.8 Å². The van der Waals surface area contributed by atoms with Crippen LogP contribution in [-0.4, -0.2) is 20.7 Å². The lowest BCUT2D eigenvalue weighted by atomic mass is 9.94. The van der Waals surface area contributed by atoms with Gasteiger partial charge in [-0.15, -0.1) is 5.10 Å². The molecule has 1 aromatic heterocycles. The minimum Gasteiger partial charge on any atom is -0.489 e. The smallest absolute Gasteiger partial charge is 0.255 e. The number of amides is 1. The average molecular weight is 620 g/mol. The monoisotopic (exact) mass is 619 g/mol. The largest absolute Gasteiger partial charge is 0.489 e. The molecule has 1 unspecified atom stereocenters. The molecule has 2 N–H and O–H groups in total. The number of fused-ring (bicyclic) bond motifs is 1. The fraction of sp³-hybridized carbons (Fsp3) is 0.194. The minimum absolute atomic E-state index is 0.236. The summed E-state index contributed by atoms with van der Waals surface area (Å²) < 4.78 is 22.1. The summed E-state index contributed by atoms with van der Waals surface area (Å²) in [6.45, 7) is 8.39. The van der Waals surface area contributed by atoms with Crippen LogP contribution in [-0.2, 0) is 17.2 Å². The molecule has 6 rings (SSSR count). The zero-order valence-corrected chi connectivity index (χ0v) is 26.4. The van der Waals surface area contributed by atoms with E-state index in [2.05, 4.69) is 41.8 Å². The van der Waals surface area contributed by atoms with Crippen LogP contribution in [0.4, 0.5) is 16.0 Å². The first-order valence-corrected chi connectivity index (χ1v) is 15.7. The number of hydrogen-bond donors (Lipinski definition) is 2. The number of hydrogen-bond acceptors (Lipinski definition) is 6. The molecule has 228 valence electrons. The Kier molecular flexibility index (Phi) is 8.71. The summed E-state index contributed by atoms with van der Waals surface area (Å²) in [5.41, 5.74) is 7.75. The number of benzene rings is 4. The summed E-state index contributed by atoms with van der Waals surface area (Å²) in [4.78, 5) is 18.7. The molecule has 5 aromatic rings. The Morgan fingerprint density at radius 3 is 2.47 bits per heavy atom. The summed E-state index contributed by atoms with van der Waals surface area (Å²) in [6, 6.07) is 27.9. The lowest BCUT2D eigenvalue weighted by Crippen LogP contribution is -2.31. The first kappa shape index (κ1) is 30.1. The van der Waals surface area contributed by atoms with Gasteiger partial charge in [-0.3, -0.25) is 4.79 Å². The van der Waals surface area contributed by atoms with E-state index in [-0.39, 0.29) is 11.7 Å². The van der Waals surface area contributed by atoms with Crippen molar-refractivity contribution in [1.29, 1.82) is 0 Å². The van der Waals surface area contributed by atoms with Crippen molar-refractivity contribution in [1.82, 2.24) is 14.8 Å². The van der Waals surface area contributed by atoms with Gasteiger partial charge in [0.15, 0.2) is 0 Å². The second-order valence-electron chi connectivity index (χ2n) is 11.2. The second kappa shape index (κ2) is 13.0. The third-order valence-corrected chi connectivity index (χ3v) is 8.85. The van der Waals surface area contributed by atoms with E-state index in [1.807, 2.05) is 69.3 Å². The van der Waals surface area contributed by atoms with Crippen LogP contribution in [0.5, 0.6) is 5.75 Å². The number of nitrogens with zero attached hydrogens (tertiary/aromatic N) is 3. The Balaban J connectivity index is 1.30. The quantitative estimate of drug-likeness (QED) is 0.162. The summed E-state index contributed by atoms with van der Waals surface area (Å²) in [6.07, 6.45) is 0. The van der Waals surface area contributed by atoms with Crippen LogP contribution in [0, 0.1) is 26.6 Å². The SMILES string of the molecule is CC1=C(C(=O)Nc2cccc(C)c2C)C(c2ccc(OCc3ccc(C)cc3)cc2)n2nc(SCc3ccccc3F)nc2N1. The van der Waals surface area contributed by atoms with Crippen molar-refractivity contribution in [2.75, 3.05) is 10.6 Å². The van der Waals surface area contributed by atoms with Crippen molar-refractivity contribution in [2.45, 2.75) is 51.3 Å². The standard InChI is InChI=1S/C36H34FN5O2S/c1-22-12-14-26(15-13-22)20-44-29-18-16-27(17-19-29)33-32(34(43)39-31-11-7-8-23(2)24(31)3)25(4)38-35-40-36(41-42(33)35)45-21-28-9-5-6-10-30(28)37/h5-19,33H,20-21H2,1-4H3,(H,39,43)(H,38,40,41). The molecule has 1 amide bonds. The number of aromatic nitrogens is 3. The fourth-order valence-electron chi connectivity index (χ4n) is 5.23. The van der Waals surface area contributed by atoms with E-state index in [0.717, 1.165) is 33.7 Å². The second-order valence-corrected chi connectivity index (χ2v) is 12.1. The maximum absolute atomic E-state index is 14.3. The van der Waals surface area contributed by atoms with E-state index in [1.54, 1.807) is 16.8 Å². The molecule has 1 atom stereocenters. The Morgan fingerprint density at radius 2 is 1.71 bits per heavy atom. The zero-order valence-electron chi connectivity index (χ0n) is 25.6. The molecule has 0 radical (unpaired) electrons. The molecule has 2 heterocycles. The number of allylic oxidation sites excluding steroid dienone is 1. The first-order valence-electron chi connectivity index (χ1n) is 14.7. The Labute approximate surface area is 266 Å². The van der Waals surface area contributed by atoms with Gasteiger partial charge in [0.05, 0.1) is 5.57 Å². The average Bonchev–Trinajstić information content (AvgIpc) is 3.44. The van der Waals surface area contributed by atoms with Gasteiger partial charge in [-0.1, -0.05) is 84.1 Å². The van der Waals surface area contributed by atoms with Gasteiger partial charge in [0, 0.05) is 17.1 Å². The highest BCUT2D eigenvalue weighted by Gasteiger charge is 2.34. The van der Waals surface area contributed by atoms with Crippen LogP contribution in [0.1, 0.15) is 46.3 Å². The maximum atomic E-state index is 14.3. The van der Waals surface area contributed by atoms with Crippen molar-refractivity contribution in [3.63, 3.8) is 0 Å². The van der Waals surface area contributed by atoms with Gasteiger partial charge in [-0.2, -0.15) is 4.98 Å². The first-order chi connectivity index (χ1) is 21.8. The van der Waals surface area contributed by atoms with Gasteiger partial charge in [0.25, 0.3) is 5.91 Å². The van der Waals surface area contributed by atoms with E-state index in [0.29, 0.717) is 40.3 Å². The van der Waals surface area contributed by atoms with Crippen LogP contribution < -0.4 is 15.4 Å². The Hall–Kier alpha value is -4.89. The van der Waals surface area contributed by atoms with E-state index < -0.39 is 6.04 Å². The molecule has 0 saturated carbocycles. The third kappa shape index (κ3) is 6.63. The number of halogens is 1. The van der Waals surface area contributed by atoms with Crippen molar-refractivity contribution < 1.29 is 13.9 Å². The number of carbonyl (C=O) groups excluding carboxylic acids is 1. The Morgan fingerprint density at radius 1 is 0.956 bits per heavy atom. The molecule has 9 heteroatoms. The fourth-order valence-corrected chi connectivity index (χ4v) is 6.04. The summed E-state index contributed by atoms with van der Waals surface area (Å²) in [5, 5.41) is 11.7. The third-order valence-electron chi connectivity index (χ3n) is 7.97. The molecular weight excluding hydrogens is 585 g/mol. The number of anilines is 2. The number of aryl methyl sites for hydroxylation is 2. The van der Waals surface area contributed by atoms with E-state index in [9.17, 15) is 9.18 Å². The number of nitrogens with one attached hydrogen (secondary N) is 2. The lowest BCUT2D eigenvalue weighted by molar-refractivity contribution is -0.113. The topological polar surface area (TPSA) is 81.1 Å². The molecule has 0 bridgehead atoms. The normalized spacial score (nSPS) is 14.1. The predicted molar refractivity (Wildman–Crippen MR) is 177 cm³/mol. The Bertz CT molecular complexity index is 1880. The summed E-state index contributed by atoms with van der Waals surface area (Å²) >= 11 is 1.34. The van der Waals surface area contributed by atoms with Crippen molar-refractivity contribution in [2.24, 2.45) is 0 Å².